The molecule has 1 N–H and O–H groups in total. The third kappa shape index (κ3) is 4.73. The summed E-state index contributed by atoms with van der Waals surface area (Å²) in [5, 5.41) is 9.76. The van der Waals surface area contributed by atoms with E-state index >= 15 is 0 Å². The van der Waals surface area contributed by atoms with Crippen LogP contribution in [-0.4, -0.2) is 25.3 Å². The summed E-state index contributed by atoms with van der Waals surface area (Å²) < 4.78 is 0. The highest BCUT2D eigenvalue weighted by molar-refractivity contribution is 5.49. The van der Waals surface area contributed by atoms with E-state index in [2.05, 4.69) is 23.7 Å². The fourth-order valence-electron chi connectivity index (χ4n) is 1.70. The molecule has 0 spiro atoms. The number of aliphatic hydroxyl groups is 1. The fourth-order valence-corrected chi connectivity index (χ4v) is 1.70. The highest BCUT2D eigenvalue weighted by Crippen LogP contribution is 2.11. The average Bonchev–Trinajstić information content (AvgIpc) is 2.52. The molecule has 0 saturated carbocycles. The number of aliphatic hydroxyl groups excluding tert-OH is 1. The Morgan fingerprint density at radius 1 is 0.810 bits per heavy atom. The zero-order chi connectivity index (χ0) is 15.1. The van der Waals surface area contributed by atoms with E-state index in [4.69, 9.17) is 0 Å². The molecule has 2 aromatic rings. The van der Waals surface area contributed by atoms with Crippen LogP contribution in [0.4, 0.5) is 5.69 Å². The largest absolute Gasteiger partial charge is 0.378 e. The van der Waals surface area contributed by atoms with E-state index in [0.717, 1.165) is 16.8 Å². The topological polar surface area (TPSA) is 23.5 Å². The molecule has 2 aromatic carbocycles. The fraction of sp³-hybridized carbons (Fsp3) is 0.158. The maximum Gasteiger partial charge on any atom is 0.177 e. The SMILES string of the molecule is CN(C)c1ccc(C#C[C@H](O)C#Cc2ccccc2)cc1. The van der Waals surface area contributed by atoms with Gasteiger partial charge in [-0.15, -0.1) is 0 Å². The van der Waals surface area contributed by atoms with Gasteiger partial charge in [-0.2, -0.15) is 0 Å². The number of nitrogens with zero attached hydrogens (tertiary/aromatic N) is 1. The van der Waals surface area contributed by atoms with E-state index in [1.54, 1.807) is 0 Å². The predicted octanol–water partition coefficient (Wildman–Crippen LogP) is 2.52. The van der Waals surface area contributed by atoms with E-state index in [9.17, 15) is 5.11 Å². The first kappa shape index (κ1) is 14.7. The van der Waals surface area contributed by atoms with Crippen molar-refractivity contribution in [3.05, 3.63) is 65.7 Å². The van der Waals surface area contributed by atoms with Crippen molar-refractivity contribution in [2.45, 2.75) is 6.10 Å². The van der Waals surface area contributed by atoms with Gasteiger partial charge in [0.2, 0.25) is 0 Å². The van der Waals surface area contributed by atoms with E-state index < -0.39 is 6.10 Å². The summed E-state index contributed by atoms with van der Waals surface area (Å²) in [4.78, 5) is 2.03. The van der Waals surface area contributed by atoms with Gasteiger partial charge in [-0.3, -0.25) is 0 Å². The molecule has 104 valence electrons. The maximum absolute atomic E-state index is 9.76. The second-order valence-electron chi connectivity index (χ2n) is 4.75. The van der Waals surface area contributed by atoms with Crippen LogP contribution in [0.15, 0.2) is 54.6 Å². The lowest BCUT2D eigenvalue weighted by Gasteiger charge is -2.11. The summed E-state index contributed by atoms with van der Waals surface area (Å²) in [5.41, 5.74) is 2.85. The molecule has 0 radical (unpaired) electrons. The Bertz CT molecular complexity index is 694. The number of rotatable bonds is 1. The van der Waals surface area contributed by atoms with Gasteiger partial charge in [-0.05, 0) is 36.4 Å². The first-order chi connectivity index (χ1) is 10.1. The minimum Gasteiger partial charge on any atom is -0.378 e. The lowest BCUT2D eigenvalue weighted by molar-refractivity contribution is 0.289. The van der Waals surface area contributed by atoms with E-state index in [0.29, 0.717) is 0 Å². The van der Waals surface area contributed by atoms with E-state index in [1.807, 2.05) is 73.6 Å². The van der Waals surface area contributed by atoms with Gasteiger partial charge in [0, 0.05) is 30.9 Å². The van der Waals surface area contributed by atoms with Gasteiger partial charge in [0.15, 0.2) is 6.10 Å². The smallest absolute Gasteiger partial charge is 0.177 e. The van der Waals surface area contributed by atoms with Crippen LogP contribution in [0.2, 0.25) is 0 Å². The van der Waals surface area contributed by atoms with Crippen LogP contribution < -0.4 is 4.90 Å². The monoisotopic (exact) mass is 275 g/mol. The zero-order valence-electron chi connectivity index (χ0n) is 12.2. The molecule has 2 heteroatoms. The molecular weight excluding hydrogens is 258 g/mol. The lowest BCUT2D eigenvalue weighted by Crippen LogP contribution is -2.07. The Balaban J connectivity index is 2.03. The summed E-state index contributed by atoms with van der Waals surface area (Å²) in [6.45, 7) is 0. The van der Waals surface area contributed by atoms with Gasteiger partial charge in [0.05, 0.1) is 0 Å². The van der Waals surface area contributed by atoms with Crippen molar-refractivity contribution in [3.63, 3.8) is 0 Å². The van der Waals surface area contributed by atoms with Crippen molar-refractivity contribution in [2.24, 2.45) is 0 Å². The van der Waals surface area contributed by atoms with Crippen LogP contribution in [0.1, 0.15) is 11.1 Å². The third-order valence-corrected chi connectivity index (χ3v) is 2.86. The molecule has 0 fully saturated rings. The number of hydrogen-bond donors (Lipinski definition) is 1. The molecular formula is C19H17NO. The summed E-state index contributed by atoms with van der Waals surface area (Å²) in [6.07, 6.45) is -0.946. The summed E-state index contributed by atoms with van der Waals surface area (Å²) >= 11 is 0. The minimum absolute atomic E-state index is 0.862. The number of hydrogen-bond acceptors (Lipinski definition) is 2. The molecule has 0 aromatic heterocycles. The molecule has 0 heterocycles. The summed E-state index contributed by atoms with van der Waals surface area (Å²) in [5.74, 6) is 11.3. The van der Waals surface area contributed by atoms with Crippen molar-refractivity contribution in [1.29, 1.82) is 0 Å². The molecule has 0 amide bonds. The van der Waals surface area contributed by atoms with Crippen LogP contribution in [0.25, 0.3) is 0 Å². The first-order valence-corrected chi connectivity index (χ1v) is 6.69. The molecule has 0 aliphatic rings. The third-order valence-electron chi connectivity index (χ3n) is 2.86. The molecule has 0 aliphatic carbocycles. The Kier molecular flexibility index (Phi) is 5.04. The molecule has 0 saturated heterocycles. The standard InChI is InChI=1S/C19H17NO/c1-20(2)18-12-8-17(9-13-18)11-15-19(21)14-10-16-6-4-3-5-7-16/h3-9,12-13,19,21H,1-2H3/t19-/m1/s1. The quantitative estimate of drug-likeness (QED) is 0.808. The average molecular weight is 275 g/mol. The number of anilines is 1. The number of benzene rings is 2. The van der Waals surface area contributed by atoms with Crippen molar-refractivity contribution in [1.82, 2.24) is 0 Å². The lowest BCUT2D eigenvalue weighted by atomic mass is 10.2. The molecule has 2 rings (SSSR count). The molecule has 21 heavy (non-hydrogen) atoms. The van der Waals surface area contributed by atoms with Crippen LogP contribution in [0.3, 0.4) is 0 Å². The molecule has 0 unspecified atom stereocenters. The molecule has 1 atom stereocenters. The highest BCUT2D eigenvalue weighted by Gasteiger charge is 1.94. The van der Waals surface area contributed by atoms with Crippen LogP contribution in [0.5, 0.6) is 0 Å². The second kappa shape index (κ2) is 7.20. The van der Waals surface area contributed by atoms with Crippen LogP contribution >= 0.6 is 0 Å². The zero-order valence-corrected chi connectivity index (χ0v) is 12.2. The molecule has 2 nitrogen and oxygen atoms in total. The highest BCUT2D eigenvalue weighted by atomic mass is 16.3. The van der Waals surface area contributed by atoms with Gasteiger partial charge in [0.25, 0.3) is 0 Å². The first-order valence-electron chi connectivity index (χ1n) is 6.69. The normalized spacial score (nSPS) is 10.6. The van der Waals surface area contributed by atoms with Crippen molar-refractivity contribution < 1.29 is 5.11 Å². The van der Waals surface area contributed by atoms with Gasteiger partial charge >= 0.3 is 0 Å². The Morgan fingerprint density at radius 3 is 1.86 bits per heavy atom. The van der Waals surface area contributed by atoms with Crippen molar-refractivity contribution in [2.75, 3.05) is 19.0 Å². The molecule has 0 aliphatic heterocycles. The van der Waals surface area contributed by atoms with Gasteiger partial charge in [-0.25, -0.2) is 0 Å². The van der Waals surface area contributed by atoms with Crippen LogP contribution in [-0.2, 0) is 0 Å². The second-order valence-corrected chi connectivity index (χ2v) is 4.75. The van der Waals surface area contributed by atoms with Crippen molar-refractivity contribution >= 4 is 5.69 Å². The summed E-state index contributed by atoms with van der Waals surface area (Å²) in [7, 11) is 3.98. The minimum atomic E-state index is -0.946. The van der Waals surface area contributed by atoms with Gasteiger partial charge < -0.3 is 10.0 Å². The van der Waals surface area contributed by atoms with Gasteiger partial charge in [-0.1, -0.05) is 41.9 Å². The van der Waals surface area contributed by atoms with Gasteiger partial charge in [0.1, 0.15) is 0 Å². The van der Waals surface area contributed by atoms with E-state index in [1.165, 1.54) is 0 Å². The van der Waals surface area contributed by atoms with Crippen molar-refractivity contribution in [3.8, 4) is 23.7 Å². The Hall–Kier alpha value is -2.68. The molecule has 0 bridgehead atoms. The maximum atomic E-state index is 9.76. The van der Waals surface area contributed by atoms with E-state index in [-0.39, 0.29) is 0 Å². The van der Waals surface area contributed by atoms with Crippen LogP contribution in [0, 0.1) is 23.7 Å². The Morgan fingerprint density at radius 2 is 1.33 bits per heavy atom. The Labute approximate surface area is 126 Å². The predicted molar refractivity (Wildman–Crippen MR) is 87.0 cm³/mol. The summed E-state index contributed by atoms with van der Waals surface area (Å²) in [6, 6.07) is 17.4.